The maximum absolute atomic E-state index is 14.0. The van der Waals surface area contributed by atoms with E-state index in [9.17, 15) is 4.39 Å². The van der Waals surface area contributed by atoms with Gasteiger partial charge in [-0.1, -0.05) is 30.3 Å². The van der Waals surface area contributed by atoms with Gasteiger partial charge in [0.05, 0.1) is 11.6 Å². The number of nitriles is 1. The van der Waals surface area contributed by atoms with Crippen LogP contribution in [0.15, 0.2) is 53.5 Å². The Morgan fingerprint density at radius 2 is 2.07 bits per heavy atom. The third-order valence-corrected chi connectivity index (χ3v) is 4.94. The van der Waals surface area contributed by atoms with Crippen molar-refractivity contribution < 1.29 is 4.39 Å². The average Bonchev–Trinajstić information content (AvgIpc) is 2.73. The van der Waals surface area contributed by atoms with Gasteiger partial charge in [0.25, 0.3) is 0 Å². The van der Waals surface area contributed by atoms with Crippen molar-refractivity contribution in [2.24, 2.45) is 4.99 Å². The quantitative estimate of drug-likeness (QED) is 0.369. The molecule has 1 aliphatic heterocycles. The van der Waals surface area contributed by atoms with Gasteiger partial charge in [-0.25, -0.2) is 4.39 Å². The molecule has 0 spiro atoms. The molecule has 1 aliphatic rings. The molecule has 0 bridgehead atoms. The summed E-state index contributed by atoms with van der Waals surface area (Å²) in [5.74, 6) is 0.321. The van der Waals surface area contributed by atoms with E-state index in [0.29, 0.717) is 23.1 Å². The van der Waals surface area contributed by atoms with E-state index < -0.39 is 0 Å². The van der Waals surface area contributed by atoms with Crippen molar-refractivity contribution in [2.45, 2.75) is 32.0 Å². The summed E-state index contributed by atoms with van der Waals surface area (Å²) < 4.78 is 14.0. The molecule has 1 atom stereocenters. The van der Waals surface area contributed by atoms with Crippen LogP contribution in [0.25, 0.3) is 0 Å². The van der Waals surface area contributed by atoms with E-state index in [0.717, 1.165) is 32.5 Å². The van der Waals surface area contributed by atoms with E-state index in [1.807, 2.05) is 12.1 Å². The number of hydrogen-bond donors (Lipinski definition) is 2. The van der Waals surface area contributed by atoms with Crippen LogP contribution in [-0.2, 0) is 13.1 Å². The zero-order valence-electron chi connectivity index (χ0n) is 16.6. The Kier molecular flexibility index (Phi) is 9.35. The first-order valence-corrected chi connectivity index (χ1v) is 9.60. The minimum Gasteiger partial charge on any atom is -0.352 e. The van der Waals surface area contributed by atoms with E-state index in [1.165, 1.54) is 17.7 Å². The molecule has 0 aliphatic carbocycles. The van der Waals surface area contributed by atoms with Crippen LogP contribution in [0.1, 0.15) is 29.5 Å². The molecule has 2 aromatic rings. The zero-order valence-corrected chi connectivity index (χ0v) is 18.9. The molecule has 1 fully saturated rings. The van der Waals surface area contributed by atoms with Gasteiger partial charge in [-0.3, -0.25) is 9.89 Å². The minimum absolute atomic E-state index is 0. The highest BCUT2D eigenvalue weighted by Crippen LogP contribution is 2.14. The molecular weight excluding hydrogens is 480 g/mol. The third kappa shape index (κ3) is 6.98. The van der Waals surface area contributed by atoms with Crippen LogP contribution in [-0.4, -0.2) is 37.0 Å². The topological polar surface area (TPSA) is 63.5 Å². The highest BCUT2D eigenvalue weighted by atomic mass is 127. The molecule has 0 amide bonds. The number of halogens is 2. The predicted molar refractivity (Wildman–Crippen MR) is 125 cm³/mol. The largest absolute Gasteiger partial charge is 0.352 e. The number of benzene rings is 2. The third-order valence-electron chi connectivity index (χ3n) is 4.94. The van der Waals surface area contributed by atoms with E-state index in [-0.39, 0.29) is 36.3 Å². The van der Waals surface area contributed by atoms with Gasteiger partial charge >= 0.3 is 0 Å². The Morgan fingerprint density at radius 1 is 1.28 bits per heavy atom. The normalized spacial score (nSPS) is 17.1. The summed E-state index contributed by atoms with van der Waals surface area (Å²) in [5, 5.41) is 15.6. The SMILES string of the molecule is CN=C(NCc1cc(C#N)ccc1F)NC1CCCN(Cc2ccccc2)C1.I. The number of rotatable bonds is 5. The van der Waals surface area contributed by atoms with E-state index in [1.54, 1.807) is 13.1 Å². The standard InChI is InChI=1S/C22H26FN5.HI/c1-25-22(26-14-19-12-18(13-24)9-10-21(19)23)27-20-8-5-11-28(16-20)15-17-6-3-2-4-7-17;/h2-4,6-7,9-10,12,20H,5,8,11,14-16H2,1H3,(H2,25,26,27);1H. The second-order valence-electron chi connectivity index (χ2n) is 7.05. The monoisotopic (exact) mass is 507 g/mol. The van der Waals surface area contributed by atoms with Crippen LogP contribution in [0.4, 0.5) is 4.39 Å². The average molecular weight is 507 g/mol. The van der Waals surface area contributed by atoms with Crippen molar-refractivity contribution in [3.8, 4) is 6.07 Å². The Bertz CT molecular complexity index is 850. The molecular formula is C22H27FIN5. The van der Waals surface area contributed by atoms with Crippen LogP contribution in [0.5, 0.6) is 0 Å². The molecule has 3 rings (SSSR count). The van der Waals surface area contributed by atoms with E-state index in [2.05, 4.69) is 44.8 Å². The van der Waals surface area contributed by atoms with Crippen molar-refractivity contribution >= 4 is 29.9 Å². The first-order chi connectivity index (χ1) is 13.7. The molecule has 5 nitrogen and oxygen atoms in total. The lowest BCUT2D eigenvalue weighted by Crippen LogP contribution is -2.50. The fourth-order valence-electron chi connectivity index (χ4n) is 3.51. The Balaban J connectivity index is 0.00000300. The van der Waals surface area contributed by atoms with Gasteiger partial charge in [-0.05, 0) is 43.1 Å². The molecule has 1 saturated heterocycles. The summed E-state index contributed by atoms with van der Waals surface area (Å²) >= 11 is 0. The summed E-state index contributed by atoms with van der Waals surface area (Å²) in [7, 11) is 1.71. The lowest BCUT2D eigenvalue weighted by Gasteiger charge is -2.34. The second kappa shape index (κ2) is 11.7. The van der Waals surface area contributed by atoms with E-state index >= 15 is 0 Å². The first kappa shape index (κ1) is 23.1. The number of nitrogens with one attached hydrogen (secondary N) is 2. The van der Waals surface area contributed by atoms with Crippen molar-refractivity contribution in [1.82, 2.24) is 15.5 Å². The van der Waals surface area contributed by atoms with Gasteiger partial charge in [-0.15, -0.1) is 24.0 Å². The molecule has 1 unspecified atom stereocenters. The van der Waals surface area contributed by atoms with Crippen molar-refractivity contribution in [1.29, 1.82) is 5.26 Å². The fraction of sp³-hybridized carbons (Fsp3) is 0.364. The van der Waals surface area contributed by atoms with Gasteiger partial charge in [0.2, 0.25) is 0 Å². The predicted octanol–water partition coefficient (Wildman–Crippen LogP) is 3.64. The maximum atomic E-state index is 14.0. The van der Waals surface area contributed by atoms with Crippen molar-refractivity contribution in [3.05, 3.63) is 71.0 Å². The molecule has 2 N–H and O–H groups in total. The molecule has 2 aromatic carbocycles. The number of hydrogen-bond acceptors (Lipinski definition) is 3. The van der Waals surface area contributed by atoms with Crippen LogP contribution >= 0.6 is 24.0 Å². The number of likely N-dealkylation sites (tertiary alicyclic amines) is 1. The van der Waals surface area contributed by atoms with Crippen LogP contribution in [0.3, 0.4) is 0 Å². The first-order valence-electron chi connectivity index (χ1n) is 9.60. The lowest BCUT2D eigenvalue weighted by molar-refractivity contribution is 0.192. The highest BCUT2D eigenvalue weighted by Gasteiger charge is 2.20. The number of aliphatic imine (C=N–C) groups is 1. The van der Waals surface area contributed by atoms with E-state index in [4.69, 9.17) is 5.26 Å². The van der Waals surface area contributed by atoms with Gasteiger partial charge < -0.3 is 10.6 Å². The number of guanidine groups is 1. The second-order valence-corrected chi connectivity index (χ2v) is 7.05. The number of piperidine rings is 1. The Labute approximate surface area is 189 Å². The van der Waals surface area contributed by atoms with Gasteiger partial charge in [0.15, 0.2) is 5.96 Å². The fourth-order valence-corrected chi connectivity index (χ4v) is 3.51. The molecule has 1 heterocycles. The van der Waals surface area contributed by atoms with Crippen molar-refractivity contribution in [2.75, 3.05) is 20.1 Å². The molecule has 0 saturated carbocycles. The van der Waals surface area contributed by atoms with Gasteiger partial charge in [-0.2, -0.15) is 5.26 Å². The molecule has 0 aromatic heterocycles. The summed E-state index contributed by atoms with van der Waals surface area (Å²) in [4.78, 5) is 6.71. The lowest BCUT2D eigenvalue weighted by atomic mass is 10.0. The van der Waals surface area contributed by atoms with Crippen molar-refractivity contribution in [3.63, 3.8) is 0 Å². The van der Waals surface area contributed by atoms with Crippen LogP contribution in [0, 0.1) is 17.1 Å². The summed E-state index contributed by atoms with van der Waals surface area (Å²) in [6, 6.07) is 17.2. The molecule has 154 valence electrons. The maximum Gasteiger partial charge on any atom is 0.191 e. The van der Waals surface area contributed by atoms with Crippen LogP contribution in [0.2, 0.25) is 0 Å². The Morgan fingerprint density at radius 3 is 2.79 bits per heavy atom. The number of nitrogens with zero attached hydrogens (tertiary/aromatic N) is 3. The zero-order chi connectivity index (χ0) is 19.8. The summed E-state index contributed by atoms with van der Waals surface area (Å²) in [6.07, 6.45) is 2.20. The molecule has 29 heavy (non-hydrogen) atoms. The minimum atomic E-state index is -0.325. The Hall–Kier alpha value is -2.18. The van der Waals surface area contributed by atoms with Gasteiger partial charge in [0.1, 0.15) is 5.82 Å². The summed E-state index contributed by atoms with van der Waals surface area (Å²) in [5.41, 5.74) is 2.22. The van der Waals surface area contributed by atoms with Crippen LogP contribution < -0.4 is 10.6 Å². The molecule has 0 radical (unpaired) electrons. The highest BCUT2D eigenvalue weighted by molar-refractivity contribution is 14.0. The summed E-state index contributed by atoms with van der Waals surface area (Å²) in [6.45, 7) is 3.25. The smallest absolute Gasteiger partial charge is 0.191 e. The van der Waals surface area contributed by atoms with Gasteiger partial charge in [0, 0.05) is 38.3 Å². The molecule has 7 heteroatoms.